The number of carbonyl (C=O) groups is 1. The Morgan fingerprint density at radius 2 is 1.66 bits per heavy atom. The highest BCUT2D eigenvalue weighted by Gasteiger charge is 2.50. The van der Waals surface area contributed by atoms with E-state index in [4.69, 9.17) is 10.8 Å². The lowest BCUT2D eigenvalue weighted by molar-refractivity contribution is -0.132. The van der Waals surface area contributed by atoms with Crippen molar-refractivity contribution in [1.29, 1.82) is 0 Å². The Kier molecular flexibility index (Phi) is 7.99. The van der Waals surface area contributed by atoms with E-state index in [1.807, 2.05) is 4.90 Å². The van der Waals surface area contributed by atoms with Crippen LogP contribution in [-0.4, -0.2) is 32.3 Å². The summed E-state index contributed by atoms with van der Waals surface area (Å²) in [5.41, 5.74) is 1.22. The monoisotopic (exact) mass is 485 g/mol. The molecule has 0 spiro atoms. The third kappa shape index (κ3) is 5.17. The molecule has 1 aliphatic heterocycles. The van der Waals surface area contributed by atoms with Gasteiger partial charge in [0.15, 0.2) is 0 Å². The van der Waals surface area contributed by atoms with Gasteiger partial charge in [-0.3, -0.25) is 4.79 Å². The molecule has 2 aliphatic rings. The summed E-state index contributed by atoms with van der Waals surface area (Å²) in [7, 11) is -2.61. The standard InChI is InChI=1S/C31H39NO2Si/c1-5-6-14-25-15-13-20-29-28(25)21-22-30(33)32(29)23-24-34-35(31(2,3)4,26-16-9-7-10-17-26)27-18-11-8-12-19-27/h1,7-12,16-20,25,28H,6,13-15,21-24H2,2-4H3. The predicted octanol–water partition coefficient (Wildman–Crippen LogP) is 5.51. The van der Waals surface area contributed by atoms with Crippen LogP contribution in [0.3, 0.4) is 0 Å². The van der Waals surface area contributed by atoms with Crippen molar-refractivity contribution < 1.29 is 9.22 Å². The Labute approximate surface area is 212 Å². The lowest BCUT2D eigenvalue weighted by atomic mass is 9.74. The van der Waals surface area contributed by atoms with Crippen LogP contribution in [-0.2, 0) is 9.22 Å². The summed E-state index contributed by atoms with van der Waals surface area (Å²) in [6.45, 7) is 8.01. The maximum Gasteiger partial charge on any atom is 0.261 e. The van der Waals surface area contributed by atoms with E-state index in [0.717, 1.165) is 25.7 Å². The zero-order valence-electron chi connectivity index (χ0n) is 21.5. The number of piperidine rings is 1. The summed E-state index contributed by atoms with van der Waals surface area (Å²) in [4.78, 5) is 15.1. The number of terminal acetylenes is 1. The molecule has 0 N–H and O–H groups in total. The quantitative estimate of drug-likeness (QED) is 0.365. The fraction of sp³-hybridized carbons (Fsp3) is 0.452. The molecule has 2 aromatic rings. The molecule has 184 valence electrons. The Hall–Kier alpha value is -2.61. The Morgan fingerprint density at radius 3 is 2.23 bits per heavy atom. The number of carbonyl (C=O) groups excluding carboxylic acids is 1. The van der Waals surface area contributed by atoms with Crippen molar-refractivity contribution in [3.63, 3.8) is 0 Å². The van der Waals surface area contributed by atoms with E-state index < -0.39 is 8.32 Å². The van der Waals surface area contributed by atoms with E-state index in [-0.39, 0.29) is 10.9 Å². The van der Waals surface area contributed by atoms with E-state index in [2.05, 4.69) is 93.4 Å². The van der Waals surface area contributed by atoms with Crippen molar-refractivity contribution in [1.82, 2.24) is 4.90 Å². The van der Waals surface area contributed by atoms with E-state index in [9.17, 15) is 4.79 Å². The summed E-state index contributed by atoms with van der Waals surface area (Å²) < 4.78 is 7.08. The number of allylic oxidation sites excluding steroid dienone is 2. The van der Waals surface area contributed by atoms with E-state index >= 15 is 0 Å². The fourth-order valence-electron chi connectivity index (χ4n) is 6.21. The van der Waals surface area contributed by atoms with Crippen molar-refractivity contribution in [2.75, 3.05) is 13.2 Å². The zero-order valence-corrected chi connectivity index (χ0v) is 22.5. The van der Waals surface area contributed by atoms with Gasteiger partial charge in [0.25, 0.3) is 8.32 Å². The molecule has 0 bridgehead atoms. The summed E-state index contributed by atoms with van der Waals surface area (Å²) in [5, 5.41) is 2.47. The first-order chi connectivity index (χ1) is 16.9. The van der Waals surface area contributed by atoms with Gasteiger partial charge in [-0.05, 0) is 47.0 Å². The number of fused-ring (bicyclic) bond motifs is 1. The topological polar surface area (TPSA) is 29.5 Å². The van der Waals surface area contributed by atoms with E-state index in [1.54, 1.807) is 0 Å². The van der Waals surface area contributed by atoms with E-state index in [0.29, 0.717) is 31.4 Å². The second-order valence-corrected chi connectivity index (χ2v) is 15.2. The van der Waals surface area contributed by atoms with Gasteiger partial charge >= 0.3 is 0 Å². The van der Waals surface area contributed by atoms with Gasteiger partial charge in [-0.1, -0.05) is 87.5 Å². The highest BCUT2D eigenvalue weighted by molar-refractivity contribution is 6.99. The summed E-state index contributed by atoms with van der Waals surface area (Å²) >= 11 is 0. The molecular formula is C31H39NO2Si. The van der Waals surface area contributed by atoms with Crippen LogP contribution in [0.15, 0.2) is 72.4 Å². The largest absolute Gasteiger partial charge is 0.406 e. The van der Waals surface area contributed by atoms with Crippen LogP contribution in [0.5, 0.6) is 0 Å². The summed E-state index contributed by atoms with van der Waals surface area (Å²) in [5.74, 6) is 4.07. The van der Waals surface area contributed by atoms with Crippen LogP contribution in [0.2, 0.25) is 5.04 Å². The van der Waals surface area contributed by atoms with Crippen LogP contribution < -0.4 is 10.4 Å². The molecule has 2 aromatic carbocycles. The van der Waals surface area contributed by atoms with Crippen LogP contribution in [0.1, 0.15) is 59.3 Å². The van der Waals surface area contributed by atoms with Gasteiger partial charge in [0.1, 0.15) is 0 Å². The molecule has 0 radical (unpaired) electrons. The normalized spacial score (nSPS) is 20.7. The molecule has 1 fully saturated rings. The maximum absolute atomic E-state index is 13.1. The third-order valence-corrected chi connectivity index (χ3v) is 12.9. The van der Waals surface area contributed by atoms with Gasteiger partial charge in [0, 0.05) is 31.0 Å². The van der Waals surface area contributed by atoms with Crippen LogP contribution in [0, 0.1) is 24.2 Å². The van der Waals surface area contributed by atoms with Crippen LogP contribution in [0.25, 0.3) is 0 Å². The minimum absolute atomic E-state index is 0.0748. The lowest BCUT2D eigenvalue weighted by Gasteiger charge is -2.45. The molecule has 4 rings (SSSR count). The Balaban J connectivity index is 1.60. The van der Waals surface area contributed by atoms with E-state index in [1.165, 1.54) is 22.5 Å². The molecule has 0 saturated carbocycles. The summed E-state index contributed by atoms with van der Waals surface area (Å²) in [6.07, 6.45) is 13.5. The molecule has 3 nitrogen and oxygen atoms in total. The average molecular weight is 486 g/mol. The number of likely N-dealkylation sites (tertiary alicyclic amines) is 1. The second kappa shape index (κ2) is 11.0. The molecule has 4 heteroatoms. The number of nitrogens with zero attached hydrogens (tertiary/aromatic N) is 1. The van der Waals surface area contributed by atoms with Gasteiger partial charge in [-0.15, -0.1) is 12.3 Å². The predicted molar refractivity (Wildman–Crippen MR) is 147 cm³/mol. The SMILES string of the molecule is C#CCCC1CCC=C2C1CCC(=O)N2CCO[Si](c1ccccc1)(c1ccccc1)C(C)(C)C. The smallest absolute Gasteiger partial charge is 0.261 e. The molecule has 1 amide bonds. The third-order valence-electron chi connectivity index (χ3n) is 7.83. The Bertz CT molecular complexity index is 1030. The van der Waals surface area contributed by atoms with Crippen molar-refractivity contribution >= 4 is 24.6 Å². The van der Waals surface area contributed by atoms with Crippen LogP contribution >= 0.6 is 0 Å². The number of hydrogen-bond donors (Lipinski definition) is 0. The van der Waals surface area contributed by atoms with Gasteiger partial charge in [-0.25, -0.2) is 0 Å². The fourth-order valence-corrected chi connectivity index (χ4v) is 10.8. The van der Waals surface area contributed by atoms with Crippen molar-refractivity contribution in [2.45, 2.75) is 64.3 Å². The minimum Gasteiger partial charge on any atom is -0.406 e. The molecule has 1 saturated heterocycles. The van der Waals surface area contributed by atoms with Gasteiger partial charge < -0.3 is 9.33 Å². The van der Waals surface area contributed by atoms with Crippen LogP contribution in [0.4, 0.5) is 0 Å². The molecule has 35 heavy (non-hydrogen) atoms. The number of amides is 1. The van der Waals surface area contributed by atoms with Gasteiger partial charge in [-0.2, -0.15) is 0 Å². The molecule has 1 aliphatic carbocycles. The molecule has 0 aromatic heterocycles. The number of rotatable bonds is 8. The highest BCUT2D eigenvalue weighted by atomic mass is 28.4. The second-order valence-electron chi connectivity index (χ2n) is 10.9. The highest BCUT2D eigenvalue weighted by Crippen LogP contribution is 2.42. The first-order valence-electron chi connectivity index (χ1n) is 13.1. The lowest BCUT2D eigenvalue weighted by Crippen LogP contribution is -2.67. The Morgan fingerprint density at radius 1 is 1.03 bits per heavy atom. The first kappa shape index (κ1) is 25.5. The number of hydrogen-bond acceptors (Lipinski definition) is 2. The van der Waals surface area contributed by atoms with Gasteiger partial charge in [0.05, 0.1) is 6.61 Å². The molecule has 1 heterocycles. The van der Waals surface area contributed by atoms with Crippen molar-refractivity contribution in [2.24, 2.45) is 11.8 Å². The van der Waals surface area contributed by atoms with Gasteiger partial charge in [0.2, 0.25) is 5.91 Å². The molecular weight excluding hydrogens is 446 g/mol. The molecule has 2 atom stereocenters. The minimum atomic E-state index is -2.61. The first-order valence-corrected chi connectivity index (χ1v) is 15.0. The van der Waals surface area contributed by atoms with Crippen molar-refractivity contribution in [3.8, 4) is 12.3 Å². The van der Waals surface area contributed by atoms with Crippen molar-refractivity contribution in [3.05, 3.63) is 72.4 Å². The maximum atomic E-state index is 13.1. The zero-order chi connectivity index (χ0) is 24.9. The average Bonchev–Trinajstić information content (AvgIpc) is 2.86. The number of benzene rings is 2. The molecule has 2 unspecified atom stereocenters. The summed E-state index contributed by atoms with van der Waals surface area (Å²) in [6, 6.07) is 21.4.